The third-order valence-electron chi connectivity index (χ3n) is 3.63. The van der Waals surface area contributed by atoms with Crippen molar-refractivity contribution in [3.8, 4) is 0 Å². The van der Waals surface area contributed by atoms with Crippen molar-refractivity contribution in [2.75, 3.05) is 13.2 Å². The fraction of sp³-hybridized carbons (Fsp3) is 0.929. The molecule has 0 spiro atoms. The summed E-state index contributed by atoms with van der Waals surface area (Å²) in [4.78, 5) is 11.6. The van der Waals surface area contributed by atoms with E-state index < -0.39 is 0 Å². The predicted molar refractivity (Wildman–Crippen MR) is 71.3 cm³/mol. The van der Waals surface area contributed by atoms with Gasteiger partial charge in [0.2, 0.25) is 5.91 Å². The minimum absolute atomic E-state index is 0.0137. The topological polar surface area (TPSA) is 58.6 Å². The van der Waals surface area contributed by atoms with E-state index in [1.54, 1.807) is 0 Å². The minimum Gasteiger partial charge on any atom is -0.396 e. The van der Waals surface area contributed by atoms with E-state index in [0.29, 0.717) is 5.92 Å². The van der Waals surface area contributed by atoms with Gasteiger partial charge in [-0.1, -0.05) is 13.3 Å². The van der Waals surface area contributed by atoms with Crippen molar-refractivity contribution in [1.29, 1.82) is 0 Å². The highest BCUT2D eigenvalue weighted by molar-refractivity contribution is 5.77. The Morgan fingerprint density at radius 1 is 1.39 bits per heavy atom. The van der Waals surface area contributed by atoms with Crippen molar-refractivity contribution in [2.24, 2.45) is 5.92 Å². The highest BCUT2D eigenvalue weighted by atomic mass is 16.5. The fourth-order valence-electron chi connectivity index (χ4n) is 2.50. The average Bonchev–Trinajstić information content (AvgIpc) is 2.37. The van der Waals surface area contributed by atoms with Gasteiger partial charge in [-0.2, -0.15) is 0 Å². The summed E-state index contributed by atoms with van der Waals surface area (Å²) in [7, 11) is 0. The van der Waals surface area contributed by atoms with Crippen LogP contribution in [-0.2, 0) is 9.53 Å². The molecule has 4 heteroatoms. The Kier molecular flexibility index (Phi) is 7.28. The lowest BCUT2D eigenvalue weighted by molar-refractivity contribution is -0.129. The summed E-state index contributed by atoms with van der Waals surface area (Å²) in [6, 6.07) is 0.233. The second-order valence-corrected chi connectivity index (χ2v) is 5.39. The fourth-order valence-corrected chi connectivity index (χ4v) is 2.50. The van der Waals surface area contributed by atoms with Gasteiger partial charge in [0.05, 0.1) is 6.10 Å². The van der Waals surface area contributed by atoms with E-state index in [1.807, 2.05) is 6.92 Å². The molecule has 2 N–H and O–H groups in total. The maximum absolute atomic E-state index is 11.6. The summed E-state index contributed by atoms with van der Waals surface area (Å²) in [5, 5.41) is 12.0. The third-order valence-corrected chi connectivity index (χ3v) is 3.63. The first-order valence-electron chi connectivity index (χ1n) is 7.17. The largest absolute Gasteiger partial charge is 0.396 e. The summed E-state index contributed by atoms with van der Waals surface area (Å²) in [6.45, 7) is 4.58. The molecule has 1 fully saturated rings. The van der Waals surface area contributed by atoms with Crippen molar-refractivity contribution in [3.63, 3.8) is 0 Å². The zero-order chi connectivity index (χ0) is 13.4. The van der Waals surface area contributed by atoms with Gasteiger partial charge >= 0.3 is 0 Å². The smallest absolute Gasteiger partial charge is 0.246 e. The number of carbonyl (C=O) groups excluding carboxylic acids is 1. The van der Waals surface area contributed by atoms with Crippen LogP contribution in [0.3, 0.4) is 0 Å². The molecular weight excluding hydrogens is 230 g/mol. The van der Waals surface area contributed by atoms with Crippen molar-refractivity contribution < 1.29 is 14.6 Å². The number of nitrogens with one attached hydrogen (secondary N) is 1. The van der Waals surface area contributed by atoms with Crippen LogP contribution in [0.5, 0.6) is 0 Å². The molecule has 18 heavy (non-hydrogen) atoms. The van der Waals surface area contributed by atoms with E-state index in [1.165, 1.54) is 0 Å². The number of rotatable bonds is 7. The predicted octanol–water partition coefficient (Wildman–Crippen LogP) is 1.86. The zero-order valence-electron chi connectivity index (χ0n) is 11.7. The number of hydrogen-bond acceptors (Lipinski definition) is 3. The molecule has 0 aromatic carbocycles. The van der Waals surface area contributed by atoms with Crippen LogP contribution in [-0.4, -0.2) is 36.4 Å². The summed E-state index contributed by atoms with van der Waals surface area (Å²) >= 11 is 0. The molecule has 0 heterocycles. The molecule has 106 valence electrons. The second-order valence-electron chi connectivity index (χ2n) is 5.39. The van der Waals surface area contributed by atoms with Crippen molar-refractivity contribution in [2.45, 2.75) is 64.5 Å². The van der Waals surface area contributed by atoms with Gasteiger partial charge in [-0.15, -0.1) is 0 Å². The van der Waals surface area contributed by atoms with Gasteiger partial charge in [0, 0.05) is 12.6 Å². The number of hydrogen-bond donors (Lipinski definition) is 2. The van der Waals surface area contributed by atoms with Crippen LogP contribution < -0.4 is 5.32 Å². The molecule has 1 unspecified atom stereocenters. The normalized spacial score (nSPS) is 25.7. The van der Waals surface area contributed by atoms with Crippen molar-refractivity contribution >= 4 is 5.91 Å². The van der Waals surface area contributed by atoms with Crippen LogP contribution in [0.1, 0.15) is 52.4 Å². The molecule has 0 aromatic heterocycles. The van der Waals surface area contributed by atoms with E-state index in [-0.39, 0.29) is 31.3 Å². The standard InChI is InChI=1S/C14H27NO3/c1-3-4-11(2)15-14(17)10-18-13-7-5-12(9-16)6-8-13/h11-13,16H,3-10H2,1-2H3,(H,15,17). The Bertz CT molecular complexity index is 237. The quantitative estimate of drug-likeness (QED) is 0.732. The Labute approximate surface area is 110 Å². The monoisotopic (exact) mass is 257 g/mol. The van der Waals surface area contributed by atoms with E-state index in [0.717, 1.165) is 38.5 Å². The van der Waals surface area contributed by atoms with Gasteiger partial charge < -0.3 is 15.2 Å². The molecule has 1 atom stereocenters. The van der Waals surface area contributed by atoms with Crippen molar-refractivity contribution in [1.82, 2.24) is 5.32 Å². The molecule has 0 bridgehead atoms. The van der Waals surface area contributed by atoms with Gasteiger partial charge in [-0.3, -0.25) is 4.79 Å². The lowest BCUT2D eigenvalue weighted by atomic mass is 9.88. The van der Waals surface area contributed by atoms with E-state index in [2.05, 4.69) is 12.2 Å². The van der Waals surface area contributed by atoms with Crippen LogP contribution in [0.4, 0.5) is 0 Å². The second kappa shape index (κ2) is 8.48. The Morgan fingerprint density at radius 2 is 2.06 bits per heavy atom. The Hall–Kier alpha value is -0.610. The number of ether oxygens (including phenoxy) is 1. The first kappa shape index (κ1) is 15.4. The van der Waals surface area contributed by atoms with E-state index >= 15 is 0 Å². The van der Waals surface area contributed by atoms with Gasteiger partial charge in [0.25, 0.3) is 0 Å². The number of aliphatic hydroxyl groups excluding tert-OH is 1. The third kappa shape index (κ3) is 5.83. The maximum atomic E-state index is 11.6. The van der Waals surface area contributed by atoms with Crippen LogP contribution in [0, 0.1) is 5.92 Å². The number of carbonyl (C=O) groups is 1. The molecule has 0 radical (unpaired) electrons. The van der Waals surface area contributed by atoms with Crippen LogP contribution in [0.15, 0.2) is 0 Å². The zero-order valence-corrected chi connectivity index (χ0v) is 11.7. The van der Waals surface area contributed by atoms with Crippen LogP contribution in [0.2, 0.25) is 0 Å². The summed E-state index contributed by atoms with van der Waals surface area (Å²) in [5.41, 5.74) is 0. The van der Waals surface area contributed by atoms with Crippen molar-refractivity contribution in [3.05, 3.63) is 0 Å². The van der Waals surface area contributed by atoms with E-state index in [4.69, 9.17) is 9.84 Å². The SMILES string of the molecule is CCCC(C)NC(=O)COC1CCC(CO)CC1. The van der Waals surface area contributed by atoms with Gasteiger partial charge in [0.15, 0.2) is 0 Å². The first-order valence-corrected chi connectivity index (χ1v) is 7.17. The number of aliphatic hydroxyl groups is 1. The molecule has 1 amide bonds. The molecular formula is C14H27NO3. The summed E-state index contributed by atoms with van der Waals surface area (Å²) in [6.07, 6.45) is 6.22. The Balaban J connectivity index is 2.11. The molecule has 4 nitrogen and oxygen atoms in total. The van der Waals surface area contributed by atoms with Crippen LogP contribution >= 0.6 is 0 Å². The molecule has 0 saturated heterocycles. The molecule has 1 aliphatic rings. The lowest BCUT2D eigenvalue weighted by Crippen LogP contribution is -2.36. The minimum atomic E-state index is -0.0137. The highest BCUT2D eigenvalue weighted by Crippen LogP contribution is 2.25. The number of amides is 1. The Morgan fingerprint density at radius 3 is 2.61 bits per heavy atom. The molecule has 0 aromatic rings. The van der Waals surface area contributed by atoms with Gasteiger partial charge in [0.1, 0.15) is 6.61 Å². The van der Waals surface area contributed by atoms with E-state index in [9.17, 15) is 4.79 Å². The van der Waals surface area contributed by atoms with Gasteiger partial charge in [-0.05, 0) is 44.9 Å². The molecule has 0 aliphatic heterocycles. The maximum Gasteiger partial charge on any atom is 0.246 e. The summed E-state index contributed by atoms with van der Waals surface area (Å²) < 4.78 is 5.62. The highest BCUT2D eigenvalue weighted by Gasteiger charge is 2.21. The van der Waals surface area contributed by atoms with Gasteiger partial charge in [-0.25, -0.2) is 0 Å². The molecule has 1 aliphatic carbocycles. The first-order chi connectivity index (χ1) is 8.65. The molecule has 1 rings (SSSR count). The molecule has 1 saturated carbocycles. The summed E-state index contributed by atoms with van der Waals surface area (Å²) in [5.74, 6) is 0.420. The average molecular weight is 257 g/mol. The lowest BCUT2D eigenvalue weighted by Gasteiger charge is -2.27. The van der Waals surface area contributed by atoms with Crippen LogP contribution in [0.25, 0.3) is 0 Å².